The summed E-state index contributed by atoms with van der Waals surface area (Å²) in [6, 6.07) is 6.78. The average Bonchev–Trinajstić information content (AvgIpc) is 3.02. The molecule has 0 unspecified atom stereocenters. The lowest BCUT2D eigenvalue weighted by molar-refractivity contribution is -0.121. The molecule has 3 heterocycles. The fourth-order valence-electron chi connectivity index (χ4n) is 4.17. The maximum absolute atomic E-state index is 12.9. The van der Waals surface area contributed by atoms with Crippen LogP contribution in [0.1, 0.15) is 19.3 Å². The fraction of sp³-hybridized carbons (Fsp3) is 0.524. The van der Waals surface area contributed by atoms with Crippen molar-refractivity contribution < 1.29 is 14.3 Å². The highest BCUT2D eigenvalue weighted by molar-refractivity contribution is 6.32. The second-order valence-electron chi connectivity index (χ2n) is 7.66. The Morgan fingerprint density at radius 2 is 1.68 bits per heavy atom. The minimum Gasteiger partial charge on any atom is -0.379 e. The number of benzene rings is 1. The van der Waals surface area contributed by atoms with Gasteiger partial charge in [0.15, 0.2) is 0 Å². The minimum absolute atomic E-state index is 0.237. The van der Waals surface area contributed by atoms with Crippen molar-refractivity contribution in [3.8, 4) is 0 Å². The van der Waals surface area contributed by atoms with Gasteiger partial charge in [-0.3, -0.25) is 14.5 Å². The van der Waals surface area contributed by atoms with Crippen molar-refractivity contribution in [2.24, 2.45) is 5.92 Å². The second-order valence-corrected chi connectivity index (χ2v) is 8.09. The van der Waals surface area contributed by atoms with Gasteiger partial charge in [-0.15, -0.1) is 0 Å². The van der Waals surface area contributed by atoms with E-state index in [9.17, 15) is 9.59 Å². The molecule has 28 heavy (non-hydrogen) atoms. The summed E-state index contributed by atoms with van der Waals surface area (Å²) in [5, 5.41) is 0.579. The van der Waals surface area contributed by atoms with Crippen molar-refractivity contribution in [1.82, 2.24) is 9.80 Å². The van der Waals surface area contributed by atoms with Gasteiger partial charge in [0, 0.05) is 37.3 Å². The van der Waals surface area contributed by atoms with Gasteiger partial charge in [0.1, 0.15) is 5.70 Å². The third-order valence-electron chi connectivity index (χ3n) is 5.90. The first-order valence-electron chi connectivity index (χ1n) is 10.0. The molecule has 4 rings (SSSR count). The standard InChI is InChI=1S/C21H26ClN3O3/c22-17-1-3-18(4-2-17)25-20(26)15-19(21(25)27)24-9-6-16(7-10-24)5-8-23-11-13-28-14-12-23/h1-4,15-16H,5-14H2. The Morgan fingerprint density at radius 1 is 1.00 bits per heavy atom. The maximum Gasteiger partial charge on any atom is 0.281 e. The Labute approximate surface area is 170 Å². The molecule has 2 saturated heterocycles. The van der Waals surface area contributed by atoms with Crippen LogP contribution < -0.4 is 4.90 Å². The summed E-state index contributed by atoms with van der Waals surface area (Å²) in [5.74, 6) is 0.162. The van der Waals surface area contributed by atoms with E-state index in [4.69, 9.17) is 16.3 Å². The van der Waals surface area contributed by atoms with Crippen LogP contribution in [0.4, 0.5) is 5.69 Å². The fourth-order valence-corrected chi connectivity index (χ4v) is 4.30. The second kappa shape index (κ2) is 8.64. The predicted molar refractivity (Wildman–Crippen MR) is 108 cm³/mol. The van der Waals surface area contributed by atoms with Crippen LogP contribution in [0, 0.1) is 5.92 Å². The first kappa shape index (κ1) is 19.4. The molecule has 1 aromatic rings. The monoisotopic (exact) mass is 403 g/mol. The van der Waals surface area contributed by atoms with Crippen molar-refractivity contribution in [1.29, 1.82) is 0 Å². The van der Waals surface area contributed by atoms with Crippen LogP contribution >= 0.6 is 11.6 Å². The quantitative estimate of drug-likeness (QED) is 0.707. The van der Waals surface area contributed by atoms with Gasteiger partial charge >= 0.3 is 0 Å². The Bertz CT molecular complexity index is 751. The highest BCUT2D eigenvalue weighted by Crippen LogP contribution is 2.29. The lowest BCUT2D eigenvalue weighted by atomic mass is 9.93. The lowest BCUT2D eigenvalue weighted by Gasteiger charge is -2.35. The van der Waals surface area contributed by atoms with E-state index in [2.05, 4.69) is 9.80 Å². The van der Waals surface area contributed by atoms with Crippen LogP contribution in [0.25, 0.3) is 0 Å². The van der Waals surface area contributed by atoms with Crippen LogP contribution in [0.3, 0.4) is 0 Å². The molecule has 1 aromatic carbocycles. The highest BCUT2D eigenvalue weighted by atomic mass is 35.5. The van der Waals surface area contributed by atoms with E-state index in [-0.39, 0.29) is 11.8 Å². The highest BCUT2D eigenvalue weighted by Gasteiger charge is 2.36. The summed E-state index contributed by atoms with van der Waals surface area (Å²) in [6.07, 6.45) is 4.79. The first-order chi connectivity index (χ1) is 13.6. The number of hydrogen-bond donors (Lipinski definition) is 0. The number of amides is 2. The number of nitrogens with zero attached hydrogens (tertiary/aromatic N) is 3. The number of ether oxygens (including phenoxy) is 1. The molecule has 0 saturated carbocycles. The Kier molecular flexibility index (Phi) is 5.99. The zero-order valence-electron chi connectivity index (χ0n) is 16.0. The normalized spacial score (nSPS) is 22.1. The van der Waals surface area contributed by atoms with Crippen LogP contribution in [0.5, 0.6) is 0 Å². The Morgan fingerprint density at radius 3 is 2.36 bits per heavy atom. The smallest absolute Gasteiger partial charge is 0.281 e. The molecule has 0 bridgehead atoms. The maximum atomic E-state index is 12.9. The van der Waals surface area contributed by atoms with E-state index in [0.717, 1.165) is 58.8 Å². The third-order valence-corrected chi connectivity index (χ3v) is 6.15. The van der Waals surface area contributed by atoms with Gasteiger partial charge in [0.05, 0.1) is 18.9 Å². The lowest BCUT2D eigenvalue weighted by Crippen LogP contribution is -2.40. The van der Waals surface area contributed by atoms with Crippen molar-refractivity contribution in [2.45, 2.75) is 19.3 Å². The largest absolute Gasteiger partial charge is 0.379 e. The van der Waals surface area contributed by atoms with Crippen molar-refractivity contribution in [3.05, 3.63) is 41.1 Å². The first-order valence-corrected chi connectivity index (χ1v) is 10.4. The van der Waals surface area contributed by atoms with Gasteiger partial charge in [-0.2, -0.15) is 0 Å². The van der Waals surface area contributed by atoms with Gasteiger partial charge in [0.2, 0.25) is 0 Å². The van der Waals surface area contributed by atoms with E-state index < -0.39 is 0 Å². The summed E-state index contributed by atoms with van der Waals surface area (Å²) >= 11 is 5.91. The van der Waals surface area contributed by atoms with E-state index in [1.165, 1.54) is 17.4 Å². The molecule has 2 fully saturated rings. The molecule has 3 aliphatic rings. The number of imide groups is 1. The molecule has 0 aromatic heterocycles. The minimum atomic E-state index is -0.281. The van der Waals surface area contributed by atoms with Gasteiger partial charge in [0.25, 0.3) is 11.8 Å². The topological polar surface area (TPSA) is 53.1 Å². The number of likely N-dealkylation sites (tertiary alicyclic amines) is 1. The number of piperidine rings is 1. The van der Waals surface area contributed by atoms with Crippen LogP contribution in [-0.2, 0) is 14.3 Å². The molecular formula is C21H26ClN3O3. The molecule has 6 nitrogen and oxygen atoms in total. The zero-order chi connectivity index (χ0) is 19.5. The van der Waals surface area contributed by atoms with Gasteiger partial charge in [-0.05, 0) is 56.0 Å². The molecule has 0 atom stereocenters. The molecule has 0 spiro atoms. The van der Waals surface area contributed by atoms with E-state index in [1.807, 2.05) is 0 Å². The van der Waals surface area contributed by atoms with Crippen molar-refractivity contribution in [3.63, 3.8) is 0 Å². The number of rotatable bonds is 5. The van der Waals surface area contributed by atoms with E-state index in [0.29, 0.717) is 22.3 Å². The SMILES string of the molecule is O=C1C=C(N2CCC(CCN3CCOCC3)CC2)C(=O)N1c1ccc(Cl)cc1. The molecular weight excluding hydrogens is 378 g/mol. The zero-order valence-corrected chi connectivity index (χ0v) is 16.7. The van der Waals surface area contributed by atoms with E-state index >= 15 is 0 Å². The van der Waals surface area contributed by atoms with Crippen LogP contribution in [-0.4, -0.2) is 67.6 Å². The molecule has 150 valence electrons. The van der Waals surface area contributed by atoms with Crippen LogP contribution in [0.2, 0.25) is 5.02 Å². The summed E-state index contributed by atoms with van der Waals surface area (Å²) in [6.45, 7) is 6.52. The van der Waals surface area contributed by atoms with Gasteiger partial charge in [-0.25, -0.2) is 4.90 Å². The number of carbonyl (C=O) groups is 2. The number of morpholine rings is 1. The van der Waals surface area contributed by atoms with E-state index in [1.54, 1.807) is 24.3 Å². The molecule has 0 N–H and O–H groups in total. The summed E-state index contributed by atoms with van der Waals surface area (Å²) < 4.78 is 5.40. The molecule has 0 aliphatic carbocycles. The number of anilines is 1. The summed E-state index contributed by atoms with van der Waals surface area (Å²) in [4.78, 5) is 31.1. The van der Waals surface area contributed by atoms with Crippen LogP contribution in [0.15, 0.2) is 36.0 Å². The number of hydrogen-bond acceptors (Lipinski definition) is 5. The van der Waals surface area contributed by atoms with Gasteiger partial charge in [-0.1, -0.05) is 11.6 Å². The molecule has 7 heteroatoms. The number of halogens is 1. The predicted octanol–water partition coefficient (Wildman–Crippen LogP) is 2.53. The molecule has 3 aliphatic heterocycles. The number of carbonyl (C=O) groups excluding carboxylic acids is 2. The van der Waals surface area contributed by atoms with Gasteiger partial charge < -0.3 is 9.64 Å². The summed E-state index contributed by atoms with van der Waals surface area (Å²) in [7, 11) is 0. The van der Waals surface area contributed by atoms with Crippen molar-refractivity contribution >= 4 is 29.1 Å². The molecule has 0 radical (unpaired) electrons. The van der Waals surface area contributed by atoms with Crippen molar-refractivity contribution in [2.75, 3.05) is 50.8 Å². The average molecular weight is 404 g/mol. The molecule has 2 amide bonds. The Hall–Kier alpha value is -1.89. The third kappa shape index (κ3) is 4.24. The Balaban J connectivity index is 1.30. The summed E-state index contributed by atoms with van der Waals surface area (Å²) in [5.41, 5.74) is 1.08.